The predicted octanol–water partition coefficient (Wildman–Crippen LogP) is 4.80. The zero-order chi connectivity index (χ0) is 18.7. The summed E-state index contributed by atoms with van der Waals surface area (Å²) in [6, 6.07) is 5.16. The maximum atomic E-state index is 11.3. The first-order valence-corrected chi connectivity index (χ1v) is 9.32. The number of nitro groups is 1. The quantitative estimate of drug-likeness (QED) is 0.228. The first-order valence-electron chi connectivity index (χ1n) is 8.44. The highest BCUT2D eigenvalue weighted by Crippen LogP contribution is 2.37. The number of hydrogen-bond acceptors (Lipinski definition) is 6. The summed E-state index contributed by atoms with van der Waals surface area (Å²) in [4.78, 5) is 21.6. The van der Waals surface area contributed by atoms with Crippen LogP contribution in [-0.4, -0.2) is 23.8 Å². The molecule has 0 aromatic heterocycles. The van der Waals surface area contributed by atoms with Crippen LogP contribution in [0.5, 0.6) is 11.5 Å². The Morgan fingerprint density at radius 2 is 2.00 bits per heavy atom. The lowest BCUT2D eigenvalue weighted by Crippen LogP contribution is -2.06. The molecule has 0 spiro atoms. The highest BCUT2D eigenvalue weighted by atomic mass is 32.2. The third kappa shape index (κ3) is 8.16. The molecule has 0 heterocycles. The summed E-state index contributed by atoms with van der Waals surface area (Å²) < 4.78 is 11.1. The van der Waals surface area contributed by atoms with Crippen LogP contribution in [0.4, 0.5) is 0 Å². The van der Waals surface area contributed by atoms with Crippen molar-refractivity contribution in [1.29, 1.82) is 0 Å². The number of unbranched alkanes of at least 4 members (excludes halogenated alkanes) is 4. The molecule has 25 heavy (non-hydrogen) atoms. The van der Waals surface area contributed by atoms with E-state index < -0.39 is 10.2 Å². The maximum absolute atomic E-state index is 11.3. The maximum Gasteiger partial charge on any atom is 0.184 e. The van der Waals surface area contributed by atoms with Crippen LogP contribution in [0.25, 0.3) is 0 Å². The summed E-state index contributed by atoms with van der Waals surface area (Å²) in [6.07, 6.45) is 5.75. The van der Waals surface area contributed by atoms with Gasteiger partial charge in [0.1, 0.15) is 0 Å². The highest BCUT2D eigenvalue weighted by molar-refractivity contribution is 8.13. The second kappa shape index (κ2) is 11.6. The van der Waals surface area contributed by atoms with Gasteiger partial charge < -0.3 is 9.47 Å². The minimum Gasteiger partial charge on any atom is -0.493 e. The van der Waals surface area contributed by atoms with Crippen molar-refractivity contribution in [3.63, 3.8) is 0 Å². The summed E-state index contributed by atoms with van der Waals surface area (Å²) in [5.41, 5.74) is 0.629. The number of hydrogen-bond donors (Lipinski definition) is 0. The van der Waals surface area contributed by atoms with Crippen LogP contribution < -0.4 is 9.47 Å². The molecule has 1 aromatic rings. The summed E-state index contributed by atoms with van der Waals surface area (Å²) in [5.74, 6) is 1.12. The highest BCUT2D eigenvalue weighted by Gasteiger charge is 2.15. The van der Waals surface area contributed by atoms with E-state index in [9.17, 15) is 14.9 Å². The molecule has 0 saturated heterocycles. The normalized spacial score (nSPS) is 11.6. The Bertz CT molecular complexity index is 548. The van der Waals surface area contributed by atoms with Crippen molar-refractivity contribution in [2.75, 3.05) is 13.7 Å². The van der Waals surface area contributed by atoms with Crippen molar-refractivity contribution in [3.8, 4) is 11.5 Å². The molecule has 0 amide bonds. The molecule has 0 aliphatic heterocycles. The lowest BCUT2D eigenvalue weighted by molar-refractivity contribution is -0.437. The van der Waals surface area contributed by atoms with Crippen LogP contribution in [0.3, 0.4) is 0 Å². The molecule has 0 saturated carbocycles. The molecular weight excluding hydrogens is 342 g/mol. The van der Waals surface area contributed by atoms with Gasteiger partial charge in [0.25, 0.3) is 0 Å². The lowest BCUT2D eigenvalue weighted by Gasteiger charge is -2.20. The van der Waals surface area contributed by atoms with Gasteiger partial charge in [-0.15, -0.1) is 16.7 Å². The van der Waals surface area contributed by atoms with E-state index >= 15 is 0 Å². The van der Waals surface area contributed by atoms with Crippen molar-refractivity contribution < 1.29 is 19.2 Å². The van der Waals surface area contributed by atoms with Crippen LogP contribution in [0.15, 0.2) is 18.2 Å². The average molecular weight is 368 g/mol. The fourth-order valence-corrected chi connectivity index (χ4v) is 3.14. The summed E-state index contributed by atoms with van der Waals surface area (Å²) >= 11 is 0.903. The number of nitrogens with zero attached hydrogens (tertiary/aromatic N) is 1. The second-order valence-electron chi connectivity index (χ2n) is 5.64. The van der Waals surface area contributed by atoms with Crippen molar-refractivity contribution in [2.45, 2.75) is 51.2 Å². The van der Waals surface area contributed by atoms with E-state index in [2.05, 4.69) is 6.92 Å². The first-order chi connectivity index (χ1) is 12.0. The van der Waals surface area contributed by atoms with E-state index in [-0.39, 0.29) is 5.12 Å². The Labute approximate surface area is 153 Å². The van der Waals surface area contributed by atoms with Crippen molar-refractivity contribution in [2.24, 2.45) is 0 Å². The van der Waals surface area contributed by atoms with Gasteiger partial charge in [0.15, 0.2) is 16.6 Å². The van der Waals surface area contributed by atoms with E-state index in [0.717, 1.165) is 31.1 Å². The van der Waals surface area contributed by atoms with Gasteiger partial charge in [0.05, 0.1) is 13.7 Å². The molecule has 140 valence electrons. The first kappa shape index (κ1) is 21.2. The average Bonchev–Trinajstić information content (AvgIpc) is 2.56. The second-order valence-corrected chi connectivity index (χ2v) is 6.96. The molecule has 6 nitrogen and oxygen atoms in total. The lowest BCUT2D eigenvalue weighted by atomic mass is 10.1. The SMILES string of the molecule is CCCCCCCOc1ccc(C([CH-][N+](=O)[O-])SC(C)=O)cc1OC. The zero-order valence-electron chi connectivity index (χ0n) is 15.0. The standard InChI is InChI=1S/C18H26NO5S/c1-4-5-6-7-8-11-24-16-10-9-15(12-17(16)23-3)18(13-19(21)22)25-14(2)20/h9-10,12-13,18H,4-8,11H2,1-3H3/q-1. The topological polar surface area (TPSA) is 78.7 Å². The molecule has 7 heteroatoms. The van der Waals surface area contributed by atoms with E-state index in [0.29, 0.717) is 23.7 Å². The number of methoxy groups -OCH3 is 1. The van der Waals surface area contributed by atoms with E-state index in [1.165, 1.54) is 33.3 Å². The minimum atomic E-state index is -0.663. The van der Waals surface area contributed by atoms with Crippen molar-refractivity contribution in [3.05, 3.63) is 40.4 Å². The fraction of sp³-hybridized carbons (Fsp3) is 0.556. The van der Waals surface area contributed by atoms with Gasteiger partial charge in [0.2, 0.25) is 0 Å². The monoisotopic (exact) mass is 368 g/mol. The largest absolute Gasteiger partial charge is 0.493 e. The third-order valence-corrected chi connectivity index (χ3v) is 4.55. The zero-order valence-corrected chi connectivity index (χ0v) is 15.8. The number of carbonyl (C=O) groups excluding carboxylic acids is 1. The summed E-state index contributed by atoms with van der Waals surface area (Å²) in [6.45, 7) is 5.08. The number of carbonyl (C=O) groups is 1. The Hall–Kier alpha value is -1.89. The fourth-order valence-electron chi connectivity index (χ4n) is 2.34. The Morgan fingerprint density at radius 1 is 1.28 bits per heavy atom. The molecule has 1 unspecified atom stereocenters. The number of ether oxygens (including phenoxy) is 2. The molecule has 1 atom stereocenters. The Morgan fingerprint density at radius 3 is 2.60 bits per heavy atom. The van der Waals surface area contributed by atoms with Crippen LogP contribution in [0.1, 0.15) is 56.8 Å². The molecule has 0 aliphatic rings. The molecule has 0 aliphatic carbocycles. The number of thioether (sulfide) groups is 1. The summed E-state index contributed by atoms with van der Waals surface area (Å²) in [5, 5.41) is 9.96. The van der Waals surface area contributed by atoms with E-state index in [1.807, 2.05) is 0 Å². The number of benzene rings is 1. The molecule has 0 fully saturated rings. The Balaban J connectivity index is 2.74. The smallest absolute Gasteiger partial charge is 0.184 e. The van der Waals surface area contributed by atoms with Gasteiger partial charge in [-0.1, -0.05) is 44.2 Å². The van der Waals surface area contributed by atoms with Crippen LogP contribution >= 0.6 is 11.8 Å². The van der Waals surface area contributed by atoms with Crippen LogP contribution in [-0.2, 0) is 4.79 Å². The van der Waals surface area contributed by atoms with Gasteiger partial charge in [0, 0.05) is 6.92 Å². The number of rotatable bonds is 12. The van der Waals surface area contributed by atoms with E-state index in [1.54, 1.807) is 18.2 Å². The predicted molar refractivity (Wildman–Crippen MR) is 99.6 cm³/mol. The van der Waals surface area contributed by atoms with Gasteiger partial charge in [-0.2, -0.15) is 0 Å². The molecular formula is C18H26NO5S-. The van der Waals surface area contributed by atoms with Crippen LogP contribution in [0.2, 0.25) is 0 Å². The van der Waals surface area contributed by atoms with Crippen molar-refractivity contribution >= 4 is 16.9 Å². The van der Waals surface area contributed by atoms with Crippen molar-refractivity contribution in [1.82, 2.24) is 0 Å². The molecule has 0 radical (unpaired) electrons. The van der Waals surface area contributed by atoms with Gasteiger partial charge in [-0.05, 0) is 30.3 Å². The minimum absolute atomic E-state index is 0.186. The molecule has 0 N–H and O–H groups in total. The van der Waals surface area contributed by atoms with E-state index in [4.69, 9.17) is 9.47 Å². The molecule has 1 aromatic carbocycles. The van der Waals surface area contributed by atoms with Crippen LogP contribution in [0, 0.1) is 16.7 Å². The van der Waals surface area contributed by atoms with Gasteiger partial charge in [-0.3, -0.25) is 14.9 Å². The summed E-state index contributed by atoms with van der Waals surface area (Å²) in [7, 11) is 1.53. The third-order valence-electron chi connectivity index (χ3n) is 3.57. The molecule has 0 bridgehead atoms. The van der Waals surface area contributed by atoms with Gasteiger partial charge in [-0.25, -0.2) is 0 Å². The van der Waals surface area contributed by atoms with Gasteiger partial charge >= 0.3 is 0 Å². The Kier molecular flexibility index (Phi) is 9.84. The molecule has 1 rings (SSSR count).